The molecule has 0 saturated carbocycles. The second-order valence-electron chi connectivity index (χ2n) is 9.20. The third-order valence-electron chi connectivity index (χ3n) is 4.84. The van der Waals surface area contributed by atoms with Crippen LogP contribution in [0.1, 0.15) is 47.8 Å². The Balaban J connectivity index is 2.25. The number of esters is 1. The summed E-state index contributed by atoms with van der Waals surface area (Å²) < 4.78 is 17.3. The molecule has 1 aromatic heterocycles. The molecule has 0 spiro atoms. The number of nitrogen functional groups attached to an aromatic ring is 1. The van der Waals surface area contributed by atoms with Crippen LogP contribution in [0.2, 0.25) is 0 Å². The molecule has 32 heavy (non-hydrogen) atoms. The maximum Gasteiger partial charge on any atom is 0.408 e. The van der Waals surface area contributed by atoms with Crippen molar-refractivity contribution in [2.24, 2.45) is 5.92 Å². The Morgan fingerprint density at radius 1 is 1.41 bits per heavy atom. The molecule has 2 heterocycles. The predicted molar refractivity (Wildman–Crippen MR) is 112 cm³/mol. The molecule has 1 amide bonds. The average Bonchev–Trinajstić information content (AvgIpc) is 2.88. The van der Waals surface area contributed by atoms with Crippen molar-refractivity contribution in [3.63, 3.8) is 0 Å². The number of anilines is 1. The summed E-state index contributed by atoms with van der Waals surface area (Å²) in [4.78, 5) is 40.9. The van der Waals surface area contributed by atoms with Gasteiger partial charge in [0.1, 0.15) is 29.2 Å². The molecule has 12 heteroatoms. The molecule has 0 aromatic carbocycles. The molecule has 2 rings (SSSR count). The van der Waals surface area contributed by atoms with Crippen LogP contribution in [-0.2, 0) is 19.0 Å². The highest BCUT2D eigenvalue weighted by Gasteiger charge is 2.56. The second kappa shape index (κ2) is 9.43. The summed E-state index contributed by atoms with van der Waals surface area (Å²) in [6, 6.07) is 0.244. The standard InChI is InChI=1S/C20H32N4O8/c1-10(2)13(23-18(28)32-19(3,4)5)15(26)31-14-11(9-25)30-16(20(14,6)29)24-8-7-12(21)22-17(24)27/h7-8,10-11,13-14,16,25,29H,9H2,1-6H3,(H,23,28)(H2,21,22,27)/t11-,13?,14-,16-,20+/m0/s1. The number of hydrogen-bond donors (Lipinski definition) is 4. The molecule has 1 aromatic rings. The maximum atomic E-state index is 12.9. The van der Waals surface area contributed by atoms with Crippen LogP contribution < -0.4 is 16.7 Å². The first kappa shape index (κ1) is 25.6. The fourth-order valence-corrected chi connectivity index (χ4v) is 3.31. The highest BCUT2D eigenvalue weighted by atomic mass is 16.6. The number of carbonyl (C=O) groups excluding carboxylic acids is 2. The van der Waals surface area contributed by atoms with Crippen LogP contribution >= 0.6 is 0 Å². The minimum absolute atomic E-state index is 0.0152. The first-order valence-electron chi connectivity index (χ1n) is 10.2. The van der Waals surface area contributed by atoms with Crippen molar-refractivity contribution in [3.05, 3.63) is 22.7 Å². The monoisotopic (exact) mass is 456 g/mol. The third-order valence-corrected chi connectivity index (χ3v) is 4.84. The molecule has 1 saturated heterocycles. The van der Waals surface area contributed by atoms with Gasteiger partial charge in [-0.05, 0) is 39.7 Å². The van der Waals surface area contributed by atoms with Gasteiger partial charge in [0.15, 0.2) is 12.3 Å². The summed E-state index contributed by atoms with van der Waals surface area (Å²) in [5.74, 6) is -1.25. The molecule has 0 aliphatic carbocycles. The van der Waals surface area contributed by atoms with Gasteiger partial charge in [0.05, 0.1) is 6.61 Å². The summed E-state index contributed by atoms with van der Waals surface area (Å²) in [6.07, 6.45) is -3.33. The van der Waals surface area contributed by atoms with Crippen molar-refractivity contribution in [3.8, 4) is 0 Å². The Morgan fingerprint density at radius 2 is 2.03 bits per heavy atom. The average molecular weight is 456 g/mol. The van der Waals surface area contributed by atoms with Crippen LogP contribution in [0.25, 0.3) is 0 Å². The number of nitrogens with two attached hydrogens (primary N) is 1. The van der Waals surface area contributed by atoms with Gasteiger partial charge in [-0.15, -0.1) is 0 Å². The van der Waals surface area contributed by atoms with E-state index < -0.39 is 60.0 Å². The van der Waals surface area contributed by atoms with E-state index >= 15 is 0 Å². The molecular weight excluding hydrogens is 424 g/mol. The number of aromatic nitrogens is 2. The lowest BCUT2D eigenvalue weighted by molar-refractivity contribution is -0.167. The number of ether oxygens (including phenoxy) is 3. The molecule has 180 valence electrons. The fourth-order valence-electron chi connectivity index (χ4n) is 3.31. The third kappa shape index (κ3) is 5.75. The van der Waals surface area contributed by atoms with E-state index in [1.165, 1.54) is 19.2 Å². The molecule has 1 aliphatic rings. The van der Waals surface area contributed by atoms with Crippen LogP contribution in [-0.4, -0.2) is 67.9 Å². The Bertz CT molecular complexity index is 892. The Hall–Kier alpha value is -2.70. The van der Waals surface area contributed by atoms with Crippen LogP contribution in [0.5, 0.6) is 0 Å². The number of rotatable bonds is 6. The van der Waals surface area contributed by atoms with Gasteiger partial charge in [-0.2, -0.15) is 4.98 Å². The largest absolute Gasteiger partial charge is 0.455 e. The van der Waals surface area contributed by atoms with Crippen LogP contribution in [0.3, 0.4) is 0 Å². The van der Waals surface area contributed by atoms with Crippen molar-refractivity contribution < 1.29 is 34.0 Å². The first-order valence-corrected chi connectivity index (χ1v) is 10.2. The van der Waals surface area contributed by atoms with Gasteiger partial charge >= 0.3 is 17.8 Å². The van der Waals surface area contributed by atoms with Gasteiger partial charge in [0.25, 0.3) is 0 Å². The molecule has 5 atom stereocenters. The molecule has 1 fully saturated rings. The zero-order valence-corrected chi connectivity index (χ0v) is 19.1. The molecular formula is C20H32N4O8. The van der Waals surface area contributed by atoms with E-state index in [2.05, 4.69) is 10.3 Å². The SMILES string of the molecule is CC(C)C(NC(=O)OC(C)(C)C)C(=O)O[C@H]1[C@H](CO)O[C@H](n2ccc(N)nc2=O)[C@]1(C)O. The zero-order chi connectivity index (χ0) is 24.4. The van der Waals surface area contributed by atoms with Gasteiger partial charge < -0.3 is 35.5 Å². The lowest BCUT2D eigenvalue weighted by atomic mass is 9.95. The number of nitrogens with one attached hydrogen (secondary N) is 1. The maximum absolute atomic E-state index is 12.9. The molecule has 1 aliphatic heterocycles. The van der Waals surface area contributed by atoms with Crippen LogP contribution in [0, 0.1) is 5.92 Å². The number of hydrogen-bond acceptors (Lipinski definition) is 10. The van der Waals surface area contributed by atoms with E-state index in [-0.39, 0.29) is 11.7 Å². The normalized spacial score (nSPS) is 26.6. The van der Waals surface area contributed by atoms with E-state index in [0.717, 1.165) is 4.57 Å². The topological polar surface area (TPSA) is 175 Å². The van der Waals surface area contributed by atoms with E-state index in [4.69, 9.17) is 19.9 Å². The van der Waals surface area contributed by atoms with E-state index in [9.17, 15) is 24.6 Å². The number of amides is 1. The van der Waals surface area contributed by atoms with E-state index in [1.54, 1.807) is 34.6 Å². The first-order chi connectivity index (χ1) is 14.7. The summed E-state index contributed by atoms with van der Waals surface area (Å²) >= 11 is 0. The van der Waals surface area contributed by atoms with Crippen molar-refractivity contribution >= 4 is 17.9 Å². The summed E-state index contributed by atoms with van der Waals surface area (Å²) in [6.45, 7) is 9.14. The predicted octanol–water partition coefficient (Wildman–Crippen LogP) is -0.0727. The quantitative estimate of drug-likeness (QED) is 0.424. The zero-order valence-electron chi connectivity index (χ0n) is 19.1. The number of alkyl carbamates (subject to hydrolysis) is 1. The van der Waals surface area contributed by atoms with Gasteiger partial charge in [0.2, 0.25) is 0 Å². The fraction of sp³-hybridized carbons (Fsp3) is 0.700. The Kier molecular flexibility index (Phi) is 7.53. The number of aliphatic hydroxyl groups excluding tert-OH is 1. The lowest BCUT2D eigenvalue weighted by Crippen LogP contribution is -2.53. The van der Waals surface area contributed by atoms with Crippen molar-refractivity contribution in [2.75, 3.05) is 12.3 Å². The smallest absolute Gasteiger partial charge is 0.408 e. The molecule has 1 unspecified atom stereocenters. The summed E-state index contributed by atoms with van der Waals surface area (Å²) in [5.41, 5.74) is 2.02. The Morgan fingerprint density at radius 3 is 2.53 bits per heavy atom. The van der Waals surface area contributed by atoms with Gasteiger partial charge in [-0.3, -0.25) is 4.57 Å². The van der Waals surface area contributed by atoms with Gasteiger partial charge in [0, 0.05) is 6.20 Å². The number of nitrogens with zero attached hydrogens (tertiary/aromatic N) is 2. The number of carbonyl (C=O) groups is 2. The number of aliphatic hydroxyl groups is 2. The van der Waals surface area contributed by atoms with Crippen LogP contribution in [0.4, 0.5) is 10.6 Å². The minimum atomic E-state index is -1.92. The minimum Gasteiger partial charge on any atom is -0.455 e. The summed E-state index contributed by atoms with van der Waals surface area (Å²) in [5, 5.41) is 23.3. The molecule has 12 nitrogen and oxygen atoms in total. The highest BCUT2D eigenvalue weighted by molar-refractivity contribution is 5.82. The highest BCUT2D eigenvalue weighted by Crippen LogP contribution is 2.39. The van der Waals surface area contributed by atoms with Crippen molar-refractivity contribution in [2.45, 2.75) is 77.2 Å². The van der Waals surface area contributed by atoms with Gasteiger partial charge in [-0.25, -0.2) is 14.4 Å². The van der Waals surface area contributed by atoms with Crippen molar-refractivity contribution in [1.29, 1.82) is 0 Å². The second-order valence-corrected chi connectivity index (χ2v) is 9.20. The Labute approximate surface area is 185 Å². The van der Waals surface area contributed by atoms with E-state index in [0.29, 0.717) is 0 Å². The molecule has 5 N–H and O–H groups in total. The van der Waals surface area contributed by atoms with Gasteiger partial charge in [-0.1, -0.05) is 13.8 Å². The van der Waals surface area contributed by atoms with Crippen LogP contribution in [0.15, 0.2) is 17.1 Å². The molecule has 0 radical (unpaired) electrons. The molecule has 0 bridgehead atoms. The lowest BCUT2D eigenvalue weighted by Gasteiger charge is -2.32. The summed E-state index contributed by atoms with van der Waals surface area (Å²) in [7, 11) is 0. The van der Waals surface area contributed by atoms with Crippen molar-refractivity contribution in [1.82, 2.24) is 14.9 Å². The van der Waals surface area contributed by atoms with E-state index in [1.807, 2.05) is 0 Å².